The molecule has 1 aromatic carbocycles. The number of ether oxygens (including phenoxy) is 2. The molecule has 0 saturated heterocycles. The average Bonchev–Trinajstić information content (AvgIpc) is 2.61. The number of rotatable bonds is 5. The molecule has 25 heavy (non-hydrogen) atoms. The first kappa shape index (κ1) is 17.1. The molecular formula is C20H22N2O3. The van der Waals surface area contributed by atoms with Gasteiger partial charge in [-0.2, -0.15) is 5.26 Å². The number of nitrogens with two attached hydrogens (primary N) is 1. The van der Waals surface area contributed by atoms with Gasteiger partial charge in [-0.3, -0.25) is 4.79 Å². The summed E-state index contributed by atoms with van der Waals surface area (Å²) in [5, 5.41) is 9.63. The minimum atomic E-state index is -0.514. The predicted molar refractivity (Wildman–Crippen MR) is 93.4 cm³/mol. The van der Waals surface area contributed by atoms with Crippen LogP contribution in [0.3, 0.4) is 0 Å². The Morgan fingerprint density at radius 3 is 2.92 bits per heavy atom. The van der Waals surface area contributed by atoms with E-state index in [9.17, 15) is 10.1 Å². The summed E-state index contributed by atoms with van der Waals surface area (Å²) >= 11 is 0. The number of unbranched alkanes of at least 4 members (excludes halogenated alkanes) is 1. The number of benzene rings is 1. The molecule has 5 heteroatoms. The molecule has 1 aliphatic heterocycles. The summed E-state index contributed by atoms with van der Waals surface area (Å²) in [6.07, 6.45) is 3.85. The van der Waals surface area contributed by atoms with E-state index in [1.165, 1.54) is 0 Å². The van der Waals surface area contributed by atoms with Crippen molar-refractivity contribution in [2.45, 2.75) is 44.9 Å². The monoisotopic (exact) mass is 338 g/mol. The van der Waals surface area contributed by atoms with E-state index in [0.29, 0.717) is 36.5 Å². The Morgan fingerprint density at radius 1 is 1.36 bits per heavy atom. The van der Waals surface area contributed by atoms with Crippen LogP contribution in [0.15, 0.2) is 47.1 Å². The summed E-state index contributed by atoms with van der Waals surface area (Å²) in [6.45, 7) is 2.69. The molecule has 1 aliphatic carbocycles. The summed E-state index contributed by atoms with van der Waals surface area (Å²) in [5.74, 6) is 0.883. The lowest BCUT2D eigenvalue weighted by atomic mass is 9.77. The highest BCUT2D eigenvalue weighted by atomic mass is 16.5. The Hall–Kier alpha value is -2.74. The van der Waals surface area contributed by atoms with E-state index in [2.05, 4.69) is 13.0 Å². The Labute approximate surface area is 147 Å². The molecule has 130 valence electrons. The lowest BCUT2D eigenvalue weighted by Crippen LogP contribution is -2.27. The quantitative estimate of drug-likeness (QED) is 0.828. The van der Waals surface area contributed by atoms with Gasteiger partial charge in [0.25, 0.3) is 0 Å². The molecule has 1 unspecified atom stereocenters. The summed E-state index contributed by atoms with van der Waals surface area (Å²) in [7, 11) is 0. The van der Waals surface area contributed by atoms with Gasteiger partial charge < -0.3 is 15.2 Å². The normalized spacial score (nSPS) is 20.0. The number of hydrogen-bond acceptors (Lipinski definition) is 5. The molecule has 0 amide bonds. The second-order valence-electron chi connectivity index (χ2n) is 6.28. The SMILES string of the molecule is CCCCOc1ccccc1C1C(C#N)=C(N)OC2=C1C(=O)CCC2. The van der Waals surface area contributed by atoms with Crippen molar-refractivity contribution < 1.29 is 14.3 Å². The van der Waals surface area contributed by atoms with Gasteiger partial charge in [-0.1, -0.05) is 31.5 Å². The lowest BCUT2D eigenvalue weighted by Gasteiger charge is -2.31. The standard InChI is InChI=1S/C20H22N2O3/c1-2-3-11-24-16-9-5-4-7-13(16)18-14(12-21)20(22)25-17-10-6-8-15(23)19(17)18/h4-5,7,9,18H,2-3,6,8,10-11,22H2,1H3. The predicted octanol–water partition coefficient (Wildman–Crippen LogP) is 3.68. The maximum Gasteiger partial charge on any atom is 0.205 e. The molecule has 0 bridgehead atoms. The molecular weight excluding hydrogens is 316 g/mol. The Bertz CT molecular complexity index is 786. The third-order valence-corrected chi connectivity index (χ3v) is 4.59. The zero-order valence-electron chi connectivity index (χ0n) is 14.4. The first-order valence-corrected chi connectivity index (χ1v) is 8.73. The zero-order chi connectivity index (χ0) is 17.8. The molecule has 1 heterocycles. The van der Waals surface area contributed by atoms with E-state index in [4.69, 9.17) is 15.2 Å². The highest BCUT2D eigenvalue weighted by Crippen LogP contribution is 2.45. The van der Waals surface area contributed by atoms with Gasteiger partial charge in [0.05, 0.1) is 12.5 Å². The summed E-state index contributed by atoms with van der Waals surface area (Å²) in [6, 6.07) is 9.68. The smallest absolute Gasteiger partial charge is 0.205 e. The van der Waals surface area contributed by atoms with Crippen molar-refractivity contribution in [2.75, 3.05) is 6.61 Å². The van der Waals surface area contributed by atoms with E-state index < -0.39 is 5.92 Å². The fourth-order valence-electron chi connectivity index (χ4n) is 3.34. The lowest BCUT2D eigenvalue weighted by molar-refractivity contribution is -0.116. The fraction of sp³-hybridized carbons (Fsp3) is 0.400. The van der Waals surface area contributed by atoms with Gasteiger partial charge >= 0.3 is 0 Å². The van der Waals surface area contributed by atoms with Crippen LogP contribution < -0.4 is 10.5 Å². The average molecular weight is 338 g/mol. The van der Waals surface area contributed by atoms with Gasteiger partial charge in [0.15, 0.2) is 5.78 Å². The molecule has 3 rings (SSSR count). The second kappa shape index (κ2) is 7.43. The number of Topliss-reactive ketones (excluding diaryl/α,β-unsaturated/α-hetero) is 1. The number of hydrogen-bond donors (Lipinski definition) is 1. The largest absolute Gasteiger partial charge is 0.493 e. The van der Waals surface area contributed by atoms with Crippen LogP contribution in [0.25, 0.3) is 0 Å². The van der Waals surface area contributed by atoms with Gasteiger partial charge in [-0.25, -0.2) is 0 Å². The molecule has 1 atom stereocenters. The van der Waals surface area contributed by atoms with Crippen molar-refractivity contribution in [1.29, 1.82) is 5.26 Å². The molecule has 0 fully saturated rings. The third kappa shape index (κ3) is 3.25. The van der Waals surface area contributed by atoms with E-state index in [1.54, 1.807) is 0 Å². The number of carbonyl (C=O) groups excluding carboxylic acids is 1. The minimum absolute atomic E-state index is 0.0230. The van der Waals surface area contributed by atoms with E-state index in [1.807, 2.05) is 24.3 Å². The van der Waals surface area contributed by atoms with Crippen molar-refractivity contribution >= 4 is 5.78 Å². The van der Waals surface area contributed by atoms with Crippen LogP contribution in [0, 0.1) is 11.3 Å². The number of nitrogens with zero attached hydrogens (tertiary/aromatic N) is 1. The van der Waals surface area contributed by atoms with Crippen LogP contribution >= 0.6 is 0 Å². The molecule has 1 aromatic rings. The number of nitriles is 1. The van der Waals surface area contributed by atoms with Crippen molar-refractivity contribution in [2.24, 2.45) is 5.73 Å². The molecule has 0 saturated carbocycles. The highest BCUT2D eigenvalue weighted by Gasteiger charge is 2.39. The van der Waals surface area contributed by atoms with Gasteiger partial charge in [0.1, 0.15) is 23.2 Å². The Balaban J connectivity index is 2.09. The van der Waals surface area contributed by atoms with Crippen LogP contribution in [0.5, 0.6) is 5.75 Å². The van der Waals surface area contributed by atoms with Gasteiger partial charge in [-0.05, 0) is 18.9 Å². The maximum absolute atomic E-state index is 12.6. The van der Waals surface area contributed by atoms with Gasteiger partial charge in [0.2, 0.25) is 5.88 Å². The minimum Gasteiger partial charge on any atom is -0.493 e. The second-order valence-corrected chi connectivity index (χ2v) is 6.28. The Morgan fingerprint density at radius 2 is 2.16 bits per heavy atom. The van der Waals surface area contributed by atoms with Crippen molar-refractivity contribution in [3.05, 3.63) is 52.6 Å². The van der Waals surface area contributed by atoms with E-state index >= 15 is 0 Å². The number of carbonyl (C=O) groups is 1. The first-order valence-electron chi connectivity index (χ1n) is 8.73. The fourth-order valence-corrected chi connectivity index (χ4v) is 3.34. The maximum atomic E-state index is 12.6. The molecule has 0 radical (unpaired) electrons. The van der Waals surface area contributed by atoms with Crippen LogP contribution in [0.2, 0.25) is 0 Å². The van der Waals surface area contributed by atoms with Crippen LogP contribution in [0.1, 0.15) is 50.5 Å². The Kier molecular flexibility index (Phi) is 5.08. The van der Waals surface area contributed by atoms with Crippen molar-refractivity contribution in [3.8, 4) is 11.8 Å². The van der Waals surface area contributed by atoms with Gasteiger partial charge in [0, 0.05) is 24.0 Å². The van der Waals surface area contributed by atoms with Crippen LogP contribution in [-0.4, -0.2) is 12.4 Å². The topological polar surface area (TPSA) is 85.3 Å². The first-order chi connectivity index (χ1) is 12.2. The number of ketones is 1. The highest BCUT2D eigenvalue weighted by molar-refractivity contribution is 5.99. The van der Waals surface area contributed by atoms with Crippen molar-refractivity contribution in [3.63, 3.8) is 0 Å². The van der Waals surface area contributed by atoms with Crippen molar-refractivity contribution in [1.82, 2.24) is 0 Å². The summed E-state index contributed by atoms with van der Waals surface area (Å²) in [5.41, 5.74) is 7.62. The number of para-hydroxylation sites is 1. The zero-order valence-corrected chi connectivity index (χ0v) is 14.4. The third-order valence-electron chi connectivity index (χ3n) is 4.59. The molecule has 0 spiro atoms. The molecule has 2 N–H and O–H groups in total. The molecule has 5 nitrogen and oxygen atoms in total. The molecule has 0 aromatic heterocycles. The van der Waals surface area contributed by atoms with Crippen LogP contribution in [0.4, 0.5) is 0 Å². The number of allylic oxidation sites excluding steroid dienone is 3. The van der Waals surface area contributed by atoms with E-state index in [0.717, 1.165) is 24.8 Å². The summed E-state index contributed by atoms with van der Waals surface area (Å²) in [4.78, 5) is 12.6. The summed E-state index contributed by atoms with van der Waals surface area (Å²) < 4.78 is 11.5. The molecule has 2 aliphatic rings. The van der Waals surface area contributed by atoms with Gasteiger partial charge in [-0.15, -0.1) is 0 Å². The van der Waals surface area contributed by atoms with E-state index in [-0.39, 0.29) is 17.2 Å². The van der Waals surface area contributed by atoms with Crippen LogP contribution in [-0.2, 0) is 9.53 Å².